The predicted octanol–water partition coefficient (Wildman–Crippen LogP) is 8.88. The van der Waals surface area contributed by atoms with E-state index in [0.717, 1.165) is 33.4 Å². The van der Waals surface area contributed by atoms with Crippen molar-refractivity contribution < 1.29 is 57.8 Å². The quantitative estimate of drug-likeness (QED) is 0.0788. The molecule has 0 saturated carbocycles. The van der Waals surface area contributed by atoms with Crippen LogP contribution in [0.2, 0.25) is 0 Å². The van der Waals surface area contributed by atoms with Crippen molar-refractivity contribution in [2.45, 2.75) is 64.8 Å². The maximum atomic E-state index is 14.8. The van der Waals surface area contributed by atoms with Crippen molar-refractivity contribution in [2.24, 2.45) is 10.8 Å². The van der Waals surface area contributed by atoms with Crippen molar-refractivity contribution in [3.05, 3.63) is 143 Å². The second-order valence-corrected chi connectivity index (χ2v) is 18.9. The number of nitrogens with zero attached hydrogens (tertiary/aromatic N) is 6. The lowest BCUT2D eigenvalue weighted by Crippen LogP contribution is -2.48. The zero-order valence-electron chi connectivity index (χ0n) is 39.5. The second kappa shape index (κ2) is 20.1. The van der Waals surface area contributed by atoms with Crippen molar-refractivity contribution >= 4 is 23.9 Å². The summed E-state index contributed by atoms with van der Waals surface area (Å²) in [7, 11) is 0. The SMILES string of the molecule is CC1(C)OCc2cc(-c3noc(-c4ccc(CN5CCC(C(=O)O)(C(=O)O)CC5)cc4)n3)ccc21.O=C(O)C1(C(=O)O)CCN(Cc2ccc(-c3nc(-c4ccc(-c5ccccc5)c(F)c4)no3)cc2)CC1. The van der Waals surface area contributed by atoms with Crippen molar-refractivity contribution in [2.75, 3.05) is 26.2 Å². The summed E-state index contributed by atoms with van der Waals surface area (Å²) in [5.41, 5.74) is 4.81. The number of piperidine rings is 2. The number of fused-ring (bicyclic) bond motifs is 1. The molecule has 2 fully saturated rings. The summed E-state index contributed by atoms with van der Waals surface area (Å²) in [4.78, 5) is 59.1. The third kappa shape index (κ3) is 10.0. The lowest BCUT2D eigenvalue weighted by atomic mass is 9.78. The monoisotopic (exact) mass is 978 g/mol. The maximum Gasteiger partial charge on any atom is 0.321 e. The highest BCUT2D eigenvalue weighted by Crippen LogP contribution is 2.39. The molecule has 2 aromatic heterocycles. The van der Waals surface area contributed by atoms with E-state index in [-0.39, 0.29) is 42.9 Å². The smallest absolute Gasteiger partial charge is 0.321 e. The van der Waals surface area contributed by atoms with Crippen molar-refractivity contribution in [3.8, 4) is 56.8 Å². The Hall–Kier alpha value is -7.93. The molecule has 3 aliphatic heterocycles. The molecule has 17 nitrogen and oxygen atoms in total. The van der Waals surface area contributed by atoms with Crippen molar-refractivity contribution in [1.82, 2.24) is 30.1 Å². The van der Waals surface area contributed by atoms with Gasteiger partial charge >= 0.3 is 23.9 Å². The first-order valence-electron chi connectivity index (χ1n) is 23.4. The lowest BCUT2D eigenvalue weighted by molar-refractivity contribution is -0.170. The minimum absolute atomic E-state index is 0.0629. The Labute approximate surface area is 412 Å². The minimum atomic E-state index is -1.71. The Bertz CT molecular complexity index is 3090. The van der Waals surface area contributed by atoms with Gasteiger partial charge in [-0.15, -0.1) is 0 Å². The Kier molecular flexibility index (Phi) is 13.7. The van der Waals surface area contributed by atoms with E-state index in [1.165, 1.54) is 11.6 Å². The molecule has 10 rings (SSSR count). The third-order valence-corrected chi connectivity index (χ3v) is 14.0. The first kappa shape index (κ1) is 49.1. The fraction of sp³-hybridized carbons (Fsp3) is 0.296. The number of halogens is 1. The normalized spacial score (nSPS) is 17.0. The summed E-state index contributed by atoms with van der Waals surface area (Å²) in [6.07, 6.45) is 0.306. The average Bonchev–Trinajstić information content (AvgIpc) is 4.15. The minimum Gasteiger partial charge on any atom is -0.480 e. The maximum absolute atomic E-state index is 14.8. The number of aliphatic carboxylic acids is 4. The van der Waals surface area contributed by atoms with Crippen LogP contribution < -0.4 is 0 Å². The molecule has 5 heterocycles. The summed E-state index contributed by atoms with van der Waals surface area (Å²) in [6, 6.07) is 35.5. The number of likely N-dealkylation sites (tertiary alicyclic amines) is 2. The van der Waals surface area contributed by atoms with E-state index in [1.54, 1.807) is 12.1 Å². The molecule has 2 saturated heterocycles. The first-order valence-corrected chi connectivity index (χ1v) is 23.4. The number of benzene rings is 5. The summed E-state index contributed by atoms with van der Waals surface area (Å²) >= 11 is 0. The van der Waals surface area contributed by atoms with Gasteiger partial charge in [-0.05, 0) is 104 Å². The Balaban J connectivity index is 0.000000178. The van der Waals surface area contributed by atoms with Crippen LogP contribution in [0.15, 0.2) is 124 Å². The molecule has 0 atom stereocenters. The van der Waals surface area contributed by atoms with Gasteiger partial charge in [-0.25, -0.2) is 4.39 Å². The van der Waals surface area contributed by atoms with Crippen LogP contribution in [0.25, 0.3) is 56.8 Å². The second-order valence-electron chi connectivity index (χ2n) is 18.9. The van der Waals surface area contributed by atoms with Crippen LogP contribution in [-0.2, 0) is 49.2 Å². The Morgan fingerprint density at radius 3 is 1.43 bits per heavy atom. The van der Waals surface area contributed by atoms with E-state index in [4.69, 9.17) is 13.8 Å². The number of carboxylic acids is 4. The number of hydrogen-bond donors (Lipinski definition) is 4. The van der Waals surface area contributed by atoms with Crippen molar-refractivity contribution in [1.29, 1.82) is 0 Å². The summed E-state index contributed by atoms with van der Waals surface area (Å²) in [6.45, 7) is 7.44. The highest BCUT2D eigenvalue weighted by Gasteiger charge is 2.49. The lowest BCUT2D eigenvalue weighted by Gasteiger charge is -2.36. The van der Waals surface area contributed by atoms with Crippen LogP contribution in [0.4, 0.5) is 4.39 Å². The molecular formula is C54H51FN6O11. The summed E-state index contributed by atoms with van der Waals surface area (Å²) < 4.78 is 31.5. The van der Waals surface area contributed by atoms with E-state index >= 15 is 0 Å². The van der Waals surface area contributed by atoms with Gasteiger partial charge in [0.25, 0.3) is 11.8 Å². The van der Waals surface area contributed by atoms with Gasteiger partial charge in [-0.1, -0.05) is 89.2 Å². The van der Waals surface area contributed by atoms with Gasteiger partial charge in [0.1, 0.15) is 5.82 Å². The van der Waals surface area contributed by atoms with Crippen LogP contribution in [-0.4, -0.2) is 101 Å². The molecule has 0 unspecified atom stereocenters. The molecule has 5 aromatic carbocycles. The Morgan fingerprint density at radius 2 is 0.986 bits per heavy atom. The van der Waals surface area contributed by atoms with Gasteiger partial charge in [0.2, 0.25) is 11.6 Å². The number of carboxylic acid groups (broad SMARTS) is 4. The zero-order chi connectivity index (χ0) is 50.8. The highest BCUT2D eigenvalue weighted by molar-refractivity contribution is 5.99. The van der Waals surface area contributed by atoms with Crippen LogP contribution in [0.5, 0.6) is 0 Å². The van der Waals surface area contributed by atoms with Crippen LogP contribution in [0.3, 0.4) is 0 Å². The molecule has 0 bridgehead atoms. The molecule has 370 valence electrons. The fourth-order valence-electron chi connectivity index (χ4n) is 9.44. The van der Waals surface area contributed by atoms with Crippen LogP contribution in [0, 0.1) is 16.6 Å². The Morgan fingerprint density at radius 1 is 0.556 bits per heavy atom. The molecule has 0 spiro atoms. The van der Waals surface area contributed by atoms with E-state index < -0.39 is 34.7 Å². The van der Waals surface area contributed by atoms with E-state index in [9.17, 15) is 44.0 Å². The number of carbonyl (C=O) groups is 4. The number of rotatable bonds is 13. The molecule has 72 heavy (non-hydrogen) atoms. The van der Waals surface area contributed by atoms with Gasteiger partial charge < -0.3 is 34.2 Å². The summed E-state index contributed by atoms with van der Waals surface area (Å²) in [5, 5.41) is 45.7. The number of aromatic nitrogens is 4. The van der Waals surface area contributed by atoms with Crippen molar-refractivity contribution in [3.63, 3.8) is 0 Å². The summed E-state index contributed by atoms with van der Waals surface area (Å²) in [5.74, 6) is -3.92. The molecule has 7 aromatic rings. The van der Waals surface area contributed by atoms with Gasteiger partial charge in [0.05, 0.1) is 12.2 Å². The standard InChI is InChI=1S/C28H24FN3O5.C26H27N3O6/c29-23-16-21(10-11-22(23)19-4-2-1-3-5-19)24-30-25(37-31-24)20-8-6-18(7-9-20)17-32-14-12-28(13-15-32,26(33)34)27(35)36;1-25(2)20-8-7-18(13-19(20)15-34-25)21-27-22(35-28-21)17-5-3-16(4-6-17)14-29-11-9-26(10-12-29,23(30)31)24(32)33/h1-11,16H,12-15,17H2,(H,33,34)(H,35,36);3-8,13H,9-12,14-15H2,1-2H3,(H,30,31)(H,32,33). The molecule has 0 aliphatic carbocycles. The third-order valence-electron chi connectivity index (χ3n) is 14.0. The largest absolute Gasteiger partial charge is 0.480 e. The van der Waals surface area contributed by atoms with Crippen LogP contribution in [0.1, 0.15) is 61.8 Å². The van der Waals surface area contributed by atoms with Crippen LogP contribution >= 0.6 is 0 Å². The predicted molar refractivity (Wildman–Crippen MR) is 258 cm³/mol. The highest BCUT2D eigenvalue weighted by atomic mass is 19.1. The topological polar surface area (TPSA) is 243 Å². The molecule has 3 aliphatic rings. The zero-order valence-corrected chi connectivity index (χ0v) is 39.5. The molecule has 18 heteroatoms. The van der Waals surface area contributed by atoms with E-state index in [2.05, 4.69) is 45.1 Å². The molecule has 0 amide bonds. The average molecular weight is 979 g/mol. The van der Waals surface area contributed by atoms with E-state index in [0.29, 0.717) is 80.2 Å². The van der Waals surface area contributed by atoms with Gasteiger partial charge in [-0.2, -0.15) is 9.97 Å². The molecule has 4 N–H and O–H groups in total. The van der Waals surface area contributed by atoms with Gasteiger partial charge in [-0.3, -0.25) is 29.0 Å². The first-order chi connectivity index (χ1) is 34.5. The van der Waals surface area contributed by atoms with Gasteiger partial charge in [0.15, 0.2) is 10.8 Å². The molecule has 0 radical (unpaired) electrons. The van der Waals surface area contributed by atoms with Gasteiger partial charge in [0, 0.05) is 67.1 Å². The number of ether oxygens (including phenoxy) is 1. The fourth-order valence-corrected chi connectivity index (χ4v) is 9.44. The number of hydrogen-bond acceptors (Lipinski definition) is 13. The van der Waals surface area contributed by atoms with E-state index in [1.807, 2.05) is 95.9 Å². The molecular weight excluding hydrogens is 928 g/mol.